The summed E-state index contributed by atoms with van der Waals surface area (Å²) < 4.78 is 0. The van der Waals surface area contributed by atoms with Gasteiger partial charge in [0.2, 0.25) is 0 Å². The van der Waals surface area contributed by atoms with Crippen molar-refractivity contribution in [3.05, 3.63) is 35.4 Å². The molecule has 20 heavy (non-hydrogen) atoms. The minimum atomic E-state index is 0.140. The molecule has 1 rings (SSSR count). The number of benzene rings is 1. The minimum absolute atomic E-state index is 0.140. The molecule has 0 saturated carbocycles. The lowest BCUT2D eigenvalue weighted by atomic mass is 10.1. The van der Waals surface area contributed by atoms with E-state index < -0.39 is 0 Å². The lowest BCUT2D eigenvalue weighted by Crippen LogP contribution is -2.25. The van der Waals surface area contributed by atoms with Crippen molar-refractivity contribution in [1.29, 1.82) is 0 Å². The van der Waals surface area contributed by atoms with Crippen molar-refractivity contribution in [2.75, 3.05) is 6.54 Å². The third kappa shape index (κ3) is 5.41. The molecule has 0 spiro atoms. The van der Waals surface area contributed by atoms with Crippen LogP contribution in [0.1, 0.15) is 25.0 Å². The van der Waals surface area contributed by atoms with E-state index in [-0.39, 0.29) is 5.11 Å². The van der Waals surface area contributed by atoms with Crippen LogP contribution in [0, 0.1) is 0 Å². The van der Waals surface area contributed by atoms with Gasteiger partial charge in [-0.1, -0.05) is 36.5 Å². The van der Waals surface area contributed by atoms with Crippen LogP contribution in [0.5, 0.6) is 0 Å². The summed E-state index contributed by atoms with van der Waals surface area (Å²) in [5, 5.41) is 4.20. The van der Waals surface area contributed by atoms with Crippen LogP contribution in [0.2, 0.25) is 0 Å². The van der Waals surface area contributed by atoms with Crippen LogP contribution >= 0.6 is 24.4 Å². The number of rotatable bonds is 5. The molecule has 106 valence electrons. The summed E-state index contributed by atoms with van der Waals surface area (Å²) in [6.45, 7) is 4.15. The Hall–Kier alpha value is -1.86. The first-order valence-electron chi connectivity index (χ1n) is 5.90. The van der Waals surface area contributed by atoms with E-state index in [9.17, 15) is 0 Å². The Labute approximate surface area is 129 Å². The second kappa shape index (κ2) is 7.66. The van der Waals surface area contributed by atoms with Gasteiger partial charge in [-0.05, 0) is 37.2 Å². The van der Waals surface area contributed by atoms with Gasteiger partial charge in [0.25, 0.3) is 0 Å². The largest absolute Gasteiger partial charge is 0.392 e. The van der Waals surface area contributed by atoms with Crippen molar-refractivity contribution in [2.45, 2.75) is 13.8 Å². The Morgan fingerprint density at radius 2 is 1.55 bits per heavy atom. The van der Waals surface area contributed by atoms with Gasteiger partial charge in [0.1, 0.15) is 0 Å². The average molecular weight is 307 g/mol. The van der Waals surface area contributed by atoms with Crippen LogP contribution in [-0.4, -0.2) is 28.1 Å². The Bertz CT molecular complexity index is 510. The first-order chi connectivity index (χ1) is 9.40. The molecule has 0 aliphatic rings. The lowest BCUT2D eigenvalue weighted by Gasteiger charge is -2.05. The van der Waals surface area contributed by atoms with Gasteiger partial charge in [-0.25, -0.2) is 0 Å². The molecule has 0 unspecified atom stereocenters. The normalized spacial score (nSPS) is 12.1. The summed E-state index contributed by atoms with van der Waals surface area (Å²) in [7, 11) is 0. The molecule has 0 aliphatic carbocycles. The smallest absolute Gasteiger partial charge is 0.184 e. The van der Waals surface area contributed by atoms with Gasteiger partial charge in [0, 0.05) is 5.71 Å². The van der Waals surface area contributed by atoms with Crippen LogP contribution in [-0.2, 0) is 0 Å². The predicted molar refractivity (Wildman–Crippen MR) is 92.4 cm³/mol. The van der Waals surface area contributed by atoms with Gasteiger partial charge in [0.15, 0.2) is 5.11 Å². The molecule has 7 heteroatoms. The van der Waals surface area contributed by atoms with E-state index in [1.165, 1.54) is 0 Å². The predicted octanol–water partition coefficient (Wildman–Crippen LogP) is 1.34. The number of hydrogen-bond acceptors (Lipinski definition) is 4. The van der Waals surface area contributed by atoms with E-state index in [1.807, 2.05) is 38.1 Å². The molecule has 5 N–H and O–H groups in total. The molecule has 1 aromatic rings. The monoisotopic (exact) mass is 307 g/mol. The summed E-state index contributed by atoms with van der Waals surface area (Å²) in [4.78, 5) is 4.68. The standard InChI is InChI=1S/C13H17N5S2/c1-8(16-7-12(14)19)10-3-5-11(6-4-10)9(2)17-18-13(15)20/h3-6H,7H2,1-2H3,(H2,14,19)(H3,15,18,20)/b16-8?,17-9+. The second-order valence-electron chi connectivity index (χ2n) is 4.12. The maximum atomic E-state index is 5.42. The molecule has 0 atom stereocenters. The van der Waals surface area contributed by atoms with Gasteiger partial charge in [-0.15, -0.1) is 0 Å². The Morgan fingerprint density at radius 3 is 2.00 bits per heavy atom. The summed E-state index contributed by atoms with van der Waals surface area (Å²) in [5.41, 5.74) is 17.0. The van der Waals surface area contributed by atoms with E-state index in [0.29, 0.717) is 11.5 Å². The van der Waals surface area contributed by atoms with E-state index >= 15 is 0 Å². The molecular formula is C13H17N5S2. The SMILES string of the molecule is CC(=NCC(N)=S)c1ccc(/C(C)=N/NC(N)=S)cc1. The van der Waals surface area contributed by atoms with Crippen LogP contribution < -0.4 is 16.9 Å². The molecule has 0 radical (unpaired) electrons. The fourth-order valence-corrected chi connectivity index (χ4v) is 1.55. The first-order valence-corrected chi connectivity index (χ1v) is 6.71. The topological polar surface area (TPSA) is 88.8 Å². The van der Waals surface area contributed by atoms with E-state index in [2.05, 4.69) is 15.5 Å². The molecule has 0 aromatic heterocycles. The molecule has 0 bridgehead atoms. The minimum Gasteiger partial charge on any atom is -0.392 e. The number of nitrogens with two attached hydrogens (primary N) is 2. The highest BCUT2D eigenvalue weighted by molar-refractivity contribution is 7.80. The van der Waals surface area contributed by atoms with Crippen LogP contribution in [0.4, 0.5) is 0 Å². The van der Waals surface area contributed by atoms with Crippen LogP contribution in [0.3, 0.4) is 0 Å². The molecule has 5 nitrogen and oxygen atoms in total. The van der Waals surface area contributed by atoms with Crippen molar-refractivity contribution >= 4 is 46.0 Å². The molecular weight excluding hydrogens is 290 g/mol. The van der Waals surface area contributed by atoms with Crippen molar-refractivity contribution in [3.8, 4) is 0 Å². The quantitative estimate of drug-likeness (QED) is 0.434. The van der Waals surface area contributed by atoms with Gasteiger partial charge < -0.3 is 11.5 Å². The number of nitrogens with zero attached hydrogens (tertiary/aromatic N) is 2. The van der Waals surface area contributed by atoms with E-state index in [1.54, 1.807) is 0 Å². The molecule has 0 fully saturated rings. The summed E-state index contributed by atoms with van der Waals surface area (Å²) in [5.74, 6) is 0. The Balaban J connectivity index is 2.83. The average Bonchev–Trinajstić information content (AvgIpc) is 2.42. The van der Waals surface area contributed by atoms with Gasteiger partial charge in [0.05, 0.1) is 17.2 Å². The fraction of sp³-hybridized carbons (Fsp3) is 0.231. The number of thiocarbonyl (C=S) groups is 2. The molecule has 0 aliphatic heterocycles. The highest BCUT2D eigenvalue weighted by atomic mass is 32.1. The van der Waals surface area contributed by atoms with E-state index in [4.69, 9.17) is 35.9 Å². The van der Waals surface area contributed by atoms with Gasteiger partial charge in [-0.3, -0.25) is 10.4 Å². The molecule has 0 saturated heterocycles. The Morgan fingerprint density at radius 1 is 1.05 bits per heavy atom. The lowest BCUT2D eigenvalue weighted by molar-refractivity contribution is 1.03. The van der Waals surface area contributed by atoms with E-state index in [0.717, 1.165) is 22.6 Å². The number of aliphatic imine (C=N–C) groups is 1. The molecule has 1 aromatic carbocycles. The number of nitrogens with one attached hydrogen (secondary N) is 1. The first kappa shape index (κ1) is 16.2. The summed E-state index contributed by atoms with van der Waals surface area (Å²) >= 11 is 9.49. The number of hydrogen-bond donors (Lipinski definition) is 3. The summed E-state index contributed by atoms with van der Waals surface area (Å²) in [6.07, 6.45) is 0. The van der Waals surface area contributed by atoms with Crippen LogP contribution in [0.25, 0.3) is 0 Å². The summed E-state index contributed by atoms with van der Waals surface area (Å²) in [6, 6.07) is 7.84. The zero-order chi connectivity index (χ0) is 15.1. The third-order valence-electron chi connectivity index (χ3n) is 2.53. The van der Waals surface area contributed by atoms with Crippen molar-refractivity contribution in [3.63, 3.8) is 0 Å². The van der Waals surface area contributed by atoms with Crippen LogP contribution in [0.15, 0.2) is 34.4 Å². The van der Waals surface area contributed by atoms with Crippen molar-refractivity contribution in [1.82, 2.24) is 5.43 Å². The third-order valence-corrected chi connectivity index (χ3v) is 2.75. The highest BCUT2D eigenvalue weighted by Crippen LogP contribution is 2.07. The second-order valence-corrected chi connectivity index (χ2v) is 5.08. The highest BCUT2D eigenvalue weighted by Gasteiger charge is 2.01. The zero-order valence-corrected chi connectivity index (χ0v) is 13.0. The van der Waals surface area contributed by atoms with Gasteiger partial charge >= 0.3 is 0 Å². The van der Waals surface area contributed by atoms with Crippen molar-refractivity contribution in [2.24, 2.45) is 21.6 Å². The maximum absolute atomic E-state index is 5.42. The van der Waals surface area contributed by atoms with Gasteiger partial charge in [-0.2, -0.15) is 5.10 Å². The fourth-order valence-electron chi connectivity index (χ4n) is 1.44. The Kier molecular flexibility index (Phi) is 6.20. The molecule has 0 amide bonds. The molecule has 0 heterocycles. The van der Waals surface area contributed by atoms with Crippen molar-refractivity contribution < 1.29 is 0 Å². The number of hydrazone groups is 1. The zero-order valence-electron chi connectivity index (χ0n) is 11.4. The maximum Gasteiger partial charge on any atom is 0.184 e.